The molecular formula is C26H35N3O4S. The Labute approximate surface area is 202 Å². The van der Waals surface area contributed by atoms with Crippen LogP contribution in [0.15, 0.2) is 47.4 Å². The number of ether oxygens (including phenoxy) is 1. The van der Waals surface area contributed by atoms with Gasteiger partial charge >= 0.3 is 0 Å². The van der Waals surface area contributed by atoms with E-state index in [0.717, 1.165) is 63.1 Å². The molecule has 2 N–H and O–H groups in total. The maximum absolute atomic E-state index is 13.3. The van der Waals surface area contributed by atoms with E-state index < -0.39 is 10.0 Å². The summed E-state index contributed by atoms with van der Waals surface area (Å²) >= 11 is 0. The van der Waals surface area contributed by atoms with E-state index in [2.05, 4.69) is 14.9 Å². The van der Waals surface area contributed by atoms with Gasteiger partial charge in [-0.3, -0.25) is 14.4 Å². The zero-order chi connectivity index (χ0) is 24.2. The molecule has 184 valence electrons. The zero-order valence-electron chi connectivity index (χ0n) is 20.1. The Balaban J connectivity index is 1.52. The van der Waals surface area contributed by atoms with Crippen molar-refractivity contribution >= 4 is 21.6 Å². The summed E-state index contributed by atoms with van der Waals surface area (Å²) in [5, 5.41) is 3.15. The van der Waals surface area contributed by atoms with Gasteiger partial charge in [-0.15, -0.1) is 0 Å². The molecule has 1 aliphatic carbocycles. The highest BCUT2D eigenvalue weighted by Crippen LogP contribution is 2.34. The molecule has 2 aromatic carbocycles. The molecule has 4 rings (SSSR count). The van der Waals surface area contributed by atoms with Crippen LogP contribution in [0.1, 0.15) is 53.6 Å². The van der Waals surface area contributed by atoms with Gasteiger partial charge in [0.1, 0.15) is 0 Å². The molecule has 0 radical (unpaired) electrons. The van der Waals surface area contributed by atoms with Crippen LogP contribution in [0, 0.1) is 13.8 Å². The molecule has 7 nitrogen and oxygen atoms in total. The van der Waals surface area contributed by atoms with E-state index >= 15 is 0 Å². The number of morpholine rings is 1. The Morgan fingerprint density at radius 1 is 1.00 bits per heavy atom. The van der Waals surface area contributed by atoms with Gasteiger partial charge in [0, 0.05) is 30.7 Å². The van der Waals surface area contributed by atoms with Gasteiger partial charge in [0.25, 0.3) is 15.9 Å². The summed E-state index contributed by atoms with van der Waals surface area (Å²) in [6.45, 7) is 7.45. The van der Waals surface area contributed by atoms with Crippen LogP contribution in [0.25, 0.3) is 0 Å². The molecule has 2 fully saturated rings. The molecule has 1 aliphatic heterocycles. The van der Waals surface area contributed by atoms with Crippen LogP contribution >= 0.6 is 0 Å². The average Bonchev–Trinajstić information content (AvgIpc) is 2.85. The third kappa shape index (κ3) is 5.45. The summed E-state index contributed by atoms with van der Waals surface area (Å²) in [7, 11) is -3.83. The largest absolute Gasteiger partial charge is 0.379 e. The molecule has 2 aliphatic rings. The minimum Gasteiger partial charge on any atom is -0.379 e. The second kappa shape index (κ2) is 10.5. The normalized spacial score (nSPS) is 18.9. The van der Waals surface area contributed by atoms with Crippen LogP contribution in [0.4, 0.5) is 5.69 Å². The van der Waals surface area contributed by atoms with Gasteiger partial charge in [0.05, 0.1) is 23.8 Å². The van der Waals surface area contributed by atoms with Gasteiger partial charge in [0.2, 0.25) is 0 Å². The molecule has 1 saturated heterocycles. The first-order chi connectivity index (χ1) is 16.3. The van der Waals surface area contributed by atoms with Crippen LogP contribution in [0.2, 0.25) is 0 Å². The van der Waals surface area contributed by atoms with Crippen molar-refractivity contribution in [1.29, 1.82) is 0 Å². The van der Waals surface area contributed by atoms with Gasteiger partial charge in [-0.25, -0.2) is 8.42 Å². The topological polar surface area (TPSA) is 87.7 Å². The molecule has 34 heavy (non-hydrogen) atoms. The fourth-order valence-corrected chi connectivity index (χ4v) is 6.25. The summed E-state index contributed by atoms with van der Waals surface area (Å²) in [5.74, 6) is -0.233. The van der Waals surface area contributed by atoms with E-state index in [0.29, 0.717) is 17.8 Å². The number of hydrogen-bond acceptors (Lipinski definition) is 5. The van der Waals surface area contributed by atoms with Crippen LogP contribution in [-0.4, -0.2) is 57.6 Å². The number of anilines is 1. The second-order valence-electron chi connectivity index (χ2n) is 9.46. The summed E-state index contributed by atoms with van der Waals surface area (Å²) in [5.41, 5.74) is 2.44. The number of carbonyl (C=O) groups is 1. The minimum absolute atomic E-state index is 0.0539. The molecule has 0 bridgehead atoms. The Morgan fingerprint density at radius 3 is 2.41 bits per heavy atom. The van der Waals surface area contributed by atoms with Gasteiger partial charge in [-0.2, -0.15) is 0 Å². The van der Waals surface area contributed by atoms with Gasteiger partial charge in [-0.05, 0) is 56.0 Å². The lowest BCUT2D eigenvalue weighted by molar-refractivity contribution is -0.0361. The maximum atomic E-state index is 13.3. The molecule has 8 heteroatoms. The van der Waals surface area contributed by atoms with E-state index in [1.165, 1.54) is 12.5 Å². The number of hydrogen-bond donors (Lipinski definition) is 2. The van der Waals surface area contributed by atoms with Gasteiger partial charge in [0.15, 0.2) is 0 Å². The first kappa shape index (κ1) is 24.7. The molecule has 0 atom stereocenters. The lowest BCUT2D eigenvalue weighted by Gasteiger charge is -2.48. The molecular weight excluding hydrogens is 450 g/mol. The van der Waals surface area contributed by atoms with Crippen molar-refractivity contribution in [3.63, 3.8) is 0 Å². The van der Waals surface area contributed by atoms with Crippen LogP contribution in [-0.2, 0) is 14.8 Å². The minimum atomic E-state index is -3.83. The van der Waals surface area contributed by atoms with Crippen molar-refractivity contribution in [3.05, 3.63) is 59.2 Å². The Hall–Kier alpha value is -2.42. The van der Waals surface area contributed by atoms with Gasteiger partial charge < -0.3 is 10.1 Å². The monoisotopic (exact) mass is 485 g/mol. The number of benzene rings is 2. The number of rotatable bonds is 7. The third-order valence-electron chi connectivity index (χ3n) is 7.20. The average molecular weight is 486 g/mol. The number of amides is 1. The first-order valence-electron chi connectivity index (χ1n) is 12.1. The number of nitrogens with zero attached hydrogens (tertiary/aromatic N) is 1. The van der Waals surface area contributed by atoms with E-state index in [1.54, 1.807) is 24.3 Å². The molecule has 1 saturated carbocycles. The summed E-state index contributed by atoms with van der Waals surface area (Å²) < 4.78 is 34.3. The van der Waals surface area contributed by atoms with Crippen molar-refractivity contribution < 1.29 is 17.9 Å². The predicted octanol–water partition coefficient (Wildman–Crippen LogP) is 3.87. The third-order valence-corrected chi connectivity index (χ3v) is 8.56. The van der Waals surface area contributed by atoms with Crippen molar-refractivity contribution in [2.75, 3.05) is 37.6 Å². The van der Waals surface area contributed by atoms with Crippen molar-refractivity contribution in [2.24, 2.45) is 0 Å². The Morgan fingerprint density at radius 2 is 1.71 bits per heavy atom. The summed E-state index contributed by atoms with van der Waals surface area (Å²) in [6, 6.07) is 11.9. The van der Waals surface area contributed by atoms with Crippen molar-refractivity contribution in [2.45, 2.75) is 56.4 Å². The Kier molecular flexibility index (Phi) is 7.60. The highest BCUT2D eigenvalue weighted by atomic mass is 32.2. The van der Waals surface area contributed by atoms with Crippen LogP contribution < -0.4 is 10.0 Å². The lowest BCUT2D eigenvalue weighted by atomic mass is 9.79. The number of carbonyl (C=O) groups excluding carboxylic acids is 1. The first-order valence-corrected chi connectivity index (χ1v) is 13.6. The smallest absolute Gasteiger partial charge is 0.261 e. The highest BCUT2D eigenvalue weighted by molar-refractivity contribution is 7.92. The van der Waals surface area contributed by atoms with E-state index in [4.69, 9.17) is 4.74 Å². The summed E-state index contributed by atoms with van der Waals surface area (Å²) in [6.07, 6.45) is 5.66. The number of aryl methyl sites for hydroxylation is 2. The maximum Gasteiger partial charge on any atom is 0.261 e. The molecule has 2 aromatic rings. The van der Waals surface area contributed by atoms with E-state index in [-0.39, 0.29) is 16.3 Å². The molecule has 0 unspecified atom stereocenters. The second-order valence-corrected chi connectivity index (χ2v) is 11.1. The predicted molar refractivity (Wildman–Crippen MR) is 134 cm³/mol. The van der Waals surface area contributed by atoms with Crippen LogP contribution in [0.3, 0.4) is 0 Å². The number of sulfonamides is 1. The lowest BCUT2D eigenvalue weighted by Crippen LogP contribution is -2.59. The molecule has 1 heterocycles. The fourth-order valence-electron chi connectivity index (χ4n) is 5.10. The Bertz CT molecular complexity index is 1120. The van der Waals surface area contributed by atoms with E-state index in [9.17, 15) is 13.2 Å². The quantitative estimate of drug-likeness (QED) is 0.622. The summed E-state index contributed by atoms with van der Waals surface area (Å²) in [4.78, 5) is 15.8. The molecule has 0 spiro atoms. The van der Waals surface area contributed by atoms with Crippen molar-refractivity contribution in [3.8, 4) is 0 Å². The molecule has 1 amide bonds. The zero-order valence-corrected chi connectivity index (χ0v) is 20.9. The number of nitrogens with one attached hydrogen (secondary N) is 2. The van der Waals surface area contributed by atoms with Crippen LogP contribution in [0.5, 0.6) is 0 Å². The number of para-hydroxylation sites is 1. The van der Waals surface area contributed by atoms with Crippen molar-refractivity contribution in [1.82, 2.24) is 10.2 Å². The molecule has 0 aromatic heterocycles. The van der Waals surface area contributed by atoms with E-state index in [1.807, 2.05) is 26.0 Å². The standard InChI is InChI=1S/C26H35N3O4S/c1-20-10-11-22(34(31,32)28-24-9-5-4-8-21(24)2)18-23(20)25(30)27-19-26(12-6-3-7-13-26)29-14-16-33-17-15-29/h4-5,8-11,18,28H,3,6-7,12-17,19H2,1-2H3,(H,27,30). The fraction of sp³-hybridized carbons (Fsp3) is 0.500. The van der Waals surface area contributed by atoms with Gasteiger partial charge in [-0.1, -0.05) is 43.5 Å². The highest BCUT2D eigenvalue weighted by Gasteiger charge is 2.39. The SMILES string of the molecule is Cc1ccccc1NS(=O)(=O)c1ccc(C)c(C(=O)NCC2(N3CCOCC3)CCCCC2)c1.